The summed E-state index contributed by atoms with van der Waals surface area (Å²) in [6.45, 7) is 3.77. The van der Waals surface area contributed by atoms with E-state index < -0.39 is 0 Å². The Labute approximate surface area is 116 Å². The third-order valence-corrected chi connectivity index (χ3v) is 2.66. The summed E-state index contributed by atoms with van der Waals surface area (Å²) in [6, 6.07) is 0. The van der Waals surface area contributed by atoms with Gasteiger partial charge >= 0.3 is 0 Å². The summed E-state index contributed by atoms with van der Waals surface area (Å²) in [4.78, 5) is 8.67. The van der Waals surface area contributed by atoms with Gasteiger partial charge in [-0.3, -0.25) is 0 Å². The average Bonchev–Trinajstić information content (AvgIpc) is 2.51. The predicted molar refractivity (Wildman–Crippen MR) is 78.7 cm³/mol. The summed E-state index contributed by atoms with van der Waals surface area (Å²) in [5.74, 6) is 0.992. The Morgan fingerprint density at radius 1 is 1.25 bits per heavy atom. The molecule has 5 heteroatoms. The van der Waals surface area contributed by atoms with Gasteiger partial charge in [-0.05, 0) is 19.8 Å². The number of ether oxygens (including phenoxy) is 1. The zero-order chi connectivity index (χ0) is 11.5. The van der Waals surface area contributed by atoms with Crippen LogP contribution in [0.15, 0.2) is 4.99 Å². The Hall–Kier alpha value is -0.0400. The monoisotopic (exact) mass is 341 g/mol. The van der Waals surface area contributed by atoms with E-state index in [2.05, 4.69) is 11.9 Å². The highest BCUT2D eigenvalue weighted by Crippen LogP contribution is 2.25. The van der Waals surface area contributed by atoms with E-state index in [-0.39, 0.29) is 29.6 Å². The first-order valence-electron chi connectivity index (χ1n) is 5.48. The van der Waals surface area contributed by atoms with Crippen LogP contribution in [-0.2, 0) is 4.74 Å². The van der Waals surface area contributed by atoms with E-state index in [4.69, 9.17) is 4.74 Å². The lowest BCUT2D eigenvalue weighted by molar-refractivity contribution is 0.0281. The lowest BCUT2D eigenvalue weighted by atomic mass is 10.0. The third kappa shape index (κ3) is 4.45. The minimum Gasteiger partial charge on any atom is -0.373 e. The van der Waals surface area contributed by atoms with Crippen LogP contribution in [0.4, 0.5) is 0 Å². The molecule has 0 aromatic carbocycles. The molecule has 0 aromatic heterocycles. The molecule has 1 unspecified atom stereocenters. The average molecular weight is 341 g/mol. The maximum Gasteiger partial charge on any atom is 0.195 e. The molecule has 1 heterocycles. The standard InChI is InChI=1S/C11H23N3O.HI/c1-11(7-6-8-15-11)9-12-10(13(2)3)14(4)5;/h6-9H2,1-5H3;1H. The summed E-state index contributed by atoms with van der Waals surface area (Å²) in [5, 5.41) is 0. The van der Waals surface area contributed by atoms with Crippen molar-refractivity contribution < 1.29 is 4.74 Å². The molecule has 0 aromatic rings. The number of guanidine groups is 1. The van der Waals surface area contributed by atoms with E-state index in [1.165, 1.54) is 0 Å². The van der Waals surface area contributed by atoms with Gasteiger partial charge in [0, 0.05) is 34.8 Å². The molecule has 1 atom stereocenters. The molecule has 0 bridgehead atoms. The Morgan fingerprint density at radius 3 is 2.19 bits per heavy atom. The van der Waals surface area contributed by atoms with Crippen LogP contribution in [0.1, 0.15) is 19.8 Å². The van der Waals surface area contributed by atoms with Crippen molar-refractivity contribution in [2.75, 3.05) is 41.3 Å². The van der Waals surface area contributed by atoms with Crippen molar-refractivity contribution in [2.45, 2.75) is 25.4 Å². The highest BCUT2D eigenvalue weighted by atomic mass is 127. The summed E-state index contributed by atoms with van der Waals surface area (Å²) in [5.41, 5.74) is -0.0444. The van der Waals surface area contributed by atoms with Gasteiger partial charge < -0.3 is 14.5 Å². The van der Waals surface area contributed by atoms with Gasteiger partial charge in [-0.25, -0.2) is 4.99 Å². The molecule has 96 valence electrons. The smallest absolute Gasteiger partial charge is 0.195 e. The zero-order valence-corrected chi connectivity index (χ0v) is 13.3. The molecule has 0 saturated carbocycles. The van der Waals surface area contributed by atoms with Gasteiger partial charge in [-0.2, -0.15) is 0 Å². The van der Waals surface area contributed by atoms with Gasteiger partial charge in [-0.15, -0.1) is 24.0 Å². The summed E-state index contributed by atoms with van der Waals surface area (Å²) < 4.78 is 5.71. The second kappa shape index (κ2) is 6.64. The lowest BCUT2D eigenvalue weighted by Gasteiger charge is -2.26. The summed E-state index contributed by atoms with van der Waals surface area (Å²) >= 11 is 0. The Balaban J connectivity index is 0.00000225. The summed E-state index contributed by atoms with van der Waals surface area (Å²) in [7, 11) is 8.04. The Morgan fingerprint density at radius 2 is 1.81 bits per heavy atom. The fourth-order valence-electron chi connectivity index (χ4n) is 1.88. The van der Waals surface area contributed by atoms with Crippen molar-refractivity contribution in [3.63, 3.8) is 0 Å². The van der Waals surface area contributed by atoms with Crippen molar-refractivity contribution in [3.8, 4) is 0 Å². The van der Waals surface area contributed by atoms with Crippen LogP contribution in [0.2, 0.25) is 0 Å². The lowest BCUT2D eigenvalue weighted by Crippen LogP contribution is -2.37. The number of halogens is 1. The number of nitrogens with zero attached hydrogens (tertiary/aromatic N) is 3. The van der Waals surface area contributed by atoms with E-state index in [9.17, 15) is 0 Å². The maximum absolute atomic E-state index is 5.71. The molecule has 16 heavy (non-hydrogen) atoms. The summed E-state index contributed by atoms with van der Waals surface area (Å²) in [6.07, 6.45) is 2.27. The molecular weight excluding hydrogens is 317 g/mol. The Bertz CT molecular complexity index is 225. The number of hydrogen-bond acceptors (Lipinski definition) is 2. The fourth-order valence-corrected chi connectivity index (χ4v) is 1.88. The molecule has 1 aliphatic heterocycles. The SMILES string of the molecule is CN(C)C(=NCC1(C)CCCO1)N(C)C.I. The quantitative estimate of drug-likeness (QED) is 0.434. The number of aliphatic imine (C=N–C) groups is 1. The fraction of sp³-hybridized carbons (Fsp3) is 0.909. The van der Waals surface area contributed by atoms with Crippen LogP contribution >= 0.6 is 24.0 Å². The van der Waals surface area contributed by atoms with E-state index in [0.29, 0.717) is 0 Å². The van der Waals surface area contributed by atoms with Crippen LogP contribution in [0.3, 0.4) is 0 Å². The van der Waals surface area contributed by atoms with Crippen LogP contribution in [0.25, 0.3) is 0 Å². The second-order valence-corrected chi connectivity index (χ2v) is 4.81. The van der Waals surface area contributed by atoms with Crippen LogP contribution < -0.4 is 0 Å². The zero-order valence-electron chi connectivity index (χ0n) is 11.0. The van der Waals surface area contributed by atoms with Gasteiger partial charge in [0.25, 0.3) is 0 Å². The molecule has 4 nitrogen and oxygen atoms in total. The van der Waals surface area contributed by atoms with Crippen LogP contribution in [0.5, 0.6) is 0 Å². The molecule has 0 spiro atoms. The van der Waals surface area contributed by atoms with Crippen molar-refractivity contribution in [1.29, 1.82) is 0 Å². The molecule has 0 aliphatic carbocycles. The van der Waals surface area contributed by atoms with Crippen molar-refractivity contribution in [3.05, 3.63) is 0 Å². The Kier molecular flexibility index (Phi) is 6.62. The van der Waals surface area contributed by atoms with Crippen molar-refractivity contribution in [2.24, 2.45) is 4.99 Å². The topological polar surface area (TPSA) is 28.1 Å². The second-order valence-electron chi connectivity index (χ2n) is 4.81. The largest absolute Gasteiger partial charge is 0.373 e. The van der Waals surface area contributed by atoms with E-state index in [1.54, 1.807) is 0 Å². The van der Waals surface area contributed by atoms with Gasteiger partial charge in [-0.1, -0.05) is 0 Å². The van der Waals surface area contributed by atoms with Gasteiger partial charge in [0.05, 0.1) is 12.1 Å². The van der Waals surface area contributed by atoms with Gasteiger partial charge in [0.1, 0.15) is 0 Å². The first-order chi connectivity index (χ1) is 6.94. The van der Waals surface area contributed by atoms with Crippen LogP contribution in [-0.4, -0.2) is 62.7 Å². The molecule has 1 rings (SSSR count). The number of rotatable bonds is 2. The van der Waals surface area contributed by atoms with Crippen molar-refractivity contribution in [1.82, 2.24) is 9.80 Å². The van der Waals surface area contributed by atoms with E-state index >= 15 is 0 Å². The minimum absolute atomic E-state index is 0. The molecular formula is C11H24IN3O. The highest BCUT2D eigenvalue weighted by molar-refractivity contribution is 14.0. The first kappa shape index (κ1) is 16.0. The van der Waals surface area contributed by atoms with E-state index in [1.807, 2.05) is 38.0 Å². The molecule has 0 radical (unpaired) electrons. The highest BCUT2D eigenvalue weighted by Gasteiger charge is 2.29. The van der Waals surface area contributed by atoms with Crippen LogP contribution in [0, 0.1) is 0 Å². The molecule has 0 amide bonds. The number of hydrogen-bond donors (Lipinski definition) is 0. The molecule has 1 fully saturated rings. The molecule has 1 aliphatic rings. The van der Waals surface area contributed by atoms with Crippen molar-refractivity contribution >= 4 is 29.9 Å². The predicted octanol–water partition coefficient (Wildman–Crippen LogP) is 1.65. The maximum atomic E-state index is 5.71. The van der Waals surface area contributed by atoms with Gasteiger partial charge in [0.15, 0.2) is 5.96 Å². The third-order valence-electron chi connectivity index (χ3n) is 2.66. The normalized spacial score (nSPS) is 23.6. The first-order valence-corrected chi connectivity index (χ1v) is 5.48. The minimum atomic E-state index is -0.0444. The van der Waals surface area contributed by atoms with Gasteiger partial charge in [0.2, 0.25) is 0 Å². The van der Waals surface area contributed by atoms with E-state index in [0.717, 1.165) is 32.0 Å². The molecule has 1 saturated heterocycles. The molecule has 0 N–H and O–H groups in total.